The maximum absolute atomic E-state index is 10.7. The van der Waals surface area contributed by atoms with Crippen LogP contribution in [0.25, 0.3) is 0 Å². The van der Waals surface area contributed by atoms with Gasteiger partial charge in [0.25, 0.3) is 0 Å². The highest BCUT2D eigenvalue weighted by atomic mass is 16.5. The largest absolute Gasteiger partial charge is 0.493 e. The normalized spacial score (nSPS) is 9.85. The van der Waals surface area contributed by atoms with Gasteiger partial charge >= 0.3 is 5.97 Å². The molecule has 0 radical (unpaired) electrons. The lowest BCUT2D eigenvalue weighted by atomic mass is 10.2. The highest BCUT2D eigenvalue weighted by Gasteiger charge is 2.07. The molecule has 1 amide bonds. The van der Waals surface area contributed by atoms with Gasteiger partial charge in [-0.1, -0.05) is 56.5 Å². The van der Waals surface area contributed by atoms with Crippen LogP contribution < -0.4 is 14.8 Å². The highest BCUT2D eigenvalue weighted by Crippen LogP contribution is 2.26. The Bertz CT molecular complexity index is 979. The van der Waals surface area contributed by atoms with Gasteiger partial charge in [-0.25, -0.2) is 4.79 Å². The van der Waals surface area contributed by atoms with E-state index in [-0.39, 0.29) is 5.56 Å². The van der Waals surface area contributed by atoms with Gasteiger partial charge in [0.15, 0.2) is 0 Å². The van der Waals surface area contributed by atoms with Crippen LogP contribution in [0.5, 0.6) is 11.5 Å². The summed E-state index contributed by atoms with van der Waals surface area (Å²) >= 11 is 0. The van der Waals surface area contributed by atoms with Crippen molar-refractivity contribution in [3.8, 4) is 11.5 Å². The summed E-state index contributed by atoms with van der Waals surface area (Å²) in [6.07, 6.45) is 8.21. The number of unbranched alkanes of at least 4 members (excludes halogenated alkanes) is 3. The van der Waals surface area contributed by atoms with Gasteiger partial charge in [0.2, 0.25) is 6.41 Å². The molecule has 0 saturated heterocycles. The van der Waals surface area contributed by atoms with Crippen LogP contribution in [0.2, 0.25) is 0 Å². The second-order valence-corrected chi connectivity index (χ2v) is 7.11. The zero-order valence-electron chi connectivity index (χ0n) is 18.8. The number of carbonyl (C=O) groups is 2. The summed E-state index contributed by atoms with van der Waals surface area (Å²) in [6, 6.07) is 18.3. The number of carboxylic acid groups (broad SMARTS) is 1. The molecule has 7 nitrogen and oxygen atoms in total. The van der Waals surface area contributed by atoms with Crippen molar-refractivity contribution < 1.29 is 24.2 Å². The summed E-state index contributed by atoms with van der Waals surface area (Å²) in [5, 5.41) is 11.0. The summed E-state index contributed by atoms with van der Waals surface area (Å²) in [6.45, 7) is 3.31. The van der Waals surface area contributed by atoms with E-state index in [2.05, 4.69) is 17.2 Å². The summed E-state index contributed by atoms with van der Waals surface area (Å²) in [5.41, 5.74) is 1.87. The molecule has 2 N–H and O–H groups in total. The van der Waals surface area contributed by atoms with E-state index in [1.54, 1.807) is 12.1 Å². The number of rotatable bonds is 12. The molecule has 1 aromatic heterocycles. The lowest BCUT2D eigenvalue weighted by molar-refractivity contribution is -0.105. The third-order valence-electron chi connectivity index (χ3n) is 4.62. The molecule has 7 heteroatoms. The topological polar surface area (TPSA) is 97.8 Å². The second kappa shape index (κ2) is 15.0. The van der Waals surface area contributed by atoms with Crippen LogP contribution in [0, 0.1) is 0 Å². The van der Waals surface area contributed by atoms with Gasteiger partial charge in [-0.2, -0.15) is 0 Å². The molecule has 0 aliphatic carbocycles. The van der Waals surface area contributed by atoms with Crippen LogP contribution in [0.15, 0.2) is 73.1 Å². The van der Waals surface area contributed by atoms with E-state index < -0.39 is 5.97 Å². The zero-order chi connectivity index (χ0) is 23.7. The van der Waals surface area contributed by atoms with Crippen molar-refractivity contribution in [3.63, 3.8) is 0 Å². The van der Waals surface area contributed by atoms with Gasteiger partial charge in [-0.15, -0.1) is 0 Å². The Balaban J connectivity index is 0.000000357. The molecule has 174 valence electrons. The molecule has 0 saturated carbocycles. The van der Waals surface area contributed by atoms with Crippen LogP contribution in [0.4, 0.5) is 5.69 Å². The zero-order valence-corrected chi connectivity index (χ0v) is 18.8. The first kappa shape index (κ1) is 25.4. The van der Waals surface area contributed by atoms with E-state index >= 15 is 0 Å². The molecule has 3 aromatic rings. The van der Waals surface area contributed by atoms with Crippen LogP contribution in [0.1, 0.15) is 48.5 Å². The highest BCUT2D eigenvalue weighted by molar-refractivity contribution is 5.86. The SMILES string of the molecule is CCCCCCOc1ccccc1COc1ccccc1NC=O.O=C(O)c1cccnc1. The van der Waals surface area contributed by atoms with Gasteiger partial charge < -0.3 is 19.9 Å². The molecule has 33 heavy (non-hydrogen) atoms. The summed E-state index contributed by atoms with van der Waals surface area (Å²) in [7, 11) is 0. The number of aromatic carboxylic acids is 1. The van der Waals surface area contributed by atoms with Crippen LogP contribution >= 0.6 is 0 Å². The number of nitrogens with zero attached hydrogens (tertiary/aromatic N) is 1. The van der Waals surface area contributed by atoms with Crippen molar-refractivity contribution >= 4 is 18.1 Å². The van der Waals surface area contributed by atoms with Gasteiger partial charge in [0, 0.05) is 18.0 Å². The molecule has 0 spiro atoms. The standard InChI is InChI=1S/C20H25NO3.C6H5NO2/c1-2-3-4-9-14-23-19-12-7-5-10-17(19)15-24-20-13-8-6-11-18(20)21-16-22;8-6(9)5-2-1-3-7-4-5/h5-8,10-13,16H,2-4,9,14-15H2,1H3,(H,21,22);1-4H,(H,8,9). The van der Waals surface area contributed by atoms with Crippen molar-refractivity contribution in [3.05, 3.63) is 84.2 Å². The van der Waals surface area contributed by atoms with Gasteiger partial charge in [-0.3, -0.25) is 9.78 Å². The number of hydrogen-bond acceptors (Lipinski definition) is 5. The lowest BCUT2D eigenvalue weighted by Crippen LogP contribution is -2.04. The van der Waals surface area contributed by atoms with Gasteiger partial charge in [-0.05, 0) is 36.8 Å². The molecule has 0 aliphatic rings. The number of anilines is 1. The van der Waals surface area contributed by atoms with Crippen molar-refractivity contribution in [2.75, 3.05) is 11.9 Å². The van der Waals surface area contributed by atoms with E-state index in [4.69, 9.17) is 14.6 Å². The number of para-hydroxylation sites is 3. The summed E-state index contributed by atoms with van der Waals surface area (Å²) in [4.78, 5) is 24.4. The number of ether oxygens (including phenoxy) is 2. The molecule has 0 atom stereocenters. The Hall–Kier alpha value is -3.87. The Labute approximate surface area is 194 Å². The van der Waals surface area contributed by atoms with E-state index in [0.717, 1.165) is 24.3 Å². The fraction of sp³-hybridized carbons (Fsp3) is 0.269. The Morgan fingerprint density at radius 1 is 0.970 bits per heavy atom. The molecule has 3 rings (SSSR count). The summed E-state index contributed by atoms with van der Waals surface area (Å²) < 4.78 is 11.8. The van der Waals surface area contributed by atoms with E-state index in [9.17, 15) is 9.59 Å². The fourth-order valence-corrected chi connectivity index (χ4v) is 2.89. The smallest absolute Gasteiger partial charge is 0.337 e. The van der Waals surface area contributed by atoms with Crippen LogP contribution in [0.3, 0.4) is 0 Å². The first-order valence-corrected chi connectivity index (χ1v) is 10.9. The van der Waals surface area contributed by atoms with Crippen LogP contribution in [-0.4, -0.2) is 29.1 Å². The average Bonchev–Trinajstić information content (AvgIpc) is 2.85. The molecule has 0 aliphatic heterocycles. The average molecular weight is 451 g/mol. The number of amides is 1. The van der Waals surface area contributed by atoms with Crippen molar-refractivity contribution in [2.24, 2.45) is 0 Å². The summed E-state index contributed by atoms with van der Waals surface area (Å²) in [5.74, 6) is 0.556. The van der Waals surface area contributed by atoms with E-state index in [0.29, 0.717) is 24.5 Å². The molecule has 0 bridgehead atoms. The van der Waals surface area contributed by atoms with E-state index in [1.165, 1.54) is 37.7 Å². The Kier molecular flexibility index (Phi) is 11.6. The Morgan fingerprint density at radius 2 is 1.73 bits per heavy atom. The first-order chi connectivity index (χ1) is 16.2. The number of pyridine rings is 1. The van der Waals surface area contributed by atoms with Crippen molar-refractivity contribution in [1.82, 2.24) is 4.98 Å². The minimum absolute atomic E-state index is 0.220. The van der Waals surface area contributed by atoms with Crippen molar-refractivity contribution in [1.29, 1.82) is 0 Å². The molecular weight excluding hydrogens is 420 g/mol. The number of carboxylic acids is 1. The van der Waals surface area contributed by atoms with Crippen molar-refractivity contribution in [2.45, 2.75) is 39.2 Å². The van der Waals surface area contributed by atoms with Crippen LogP contribution in [-0.2, 0) is 11.4 Å². The molecule has 0 unspecified atom stereocenters. The maximum Gasteiger partial charge on any atom is 0.337 e. The van der Waals surface area contributed by atoms with Gasteiger partial charge in [0.1, 0.15) is 18.1 Å². The molecular formula is C26H30N2O5. The number of benzene rings is 2. The maximum atomic E-state index is 10.7. The third-order valence-corrected chi connectivity index (χ3v) is 4.62. The number of aromatic nitrogens is 1. The lowest BCUT2D eigenvalue weighted by Gasteiger charge is -2.14. The van der Waals surface area contributed by atoms with E-state index in [1.807, 2.05) is 42.5 Å². The van der Waals surface area contributed by atoms with Gasteiger partial charge in [0.05, 0.1) is 17.9 Å². The predicted octanol–water partition coefficient (Wildman–Crippen LogP) is 5.57. The third kappa shape index (κ3) is 9.43. The Morgan fingerprint density at radius 3 is 2.39 bits per heavy atom. The number of nitrogens with one attached hydrogen (secondary N) is 1. The molecule has 0 fully saturated rings. The fourth-order valence-electron chi connectivity index (χ4n) is 2.89. The number of hydrogen-bond donors (Lipinski definition) is 2. The number of carbonyl (C=O) groups excluding carboxylic acids is 1. The minimum Gasteiger partial charge on any atom is -0.493 e. The quantitative estimate of drug-likeness (QED) is 0.276. The minimum atomic E-state index is -0.942. The first-order valence-electron chi connectivity index (χ1n) is 10.9. The predicted molar refractivity (Wildman–Crippen MR) is 128 cm³/mol. The molecule has 2 aromatic carbocycles. The second-order valence-electron chi connectivity index (χ2n) is 7.11. The molecule has 1 heterocycles. The monoisotopic (exact) mass is 450 g/mol.